The van der Waals surface area contributed by atoms with Crippen molar-refractivity contribution in [1.29, 1.82) is 0 Å². The first-order chi connectivity index (χ1) is 11.7. The van der Waals surface area contributed by atoms with Crippen molar-refractivity contribution in [2.75, 3.05) is 7.11 Å². The molecule has 0 radical (unpaired) electrons. The van der Waals surface area contributed by atoms with E-state index in [1.807, 2.05) is 31.2 Å². The number of carbonyl (C=O) groups is 1. The molecular formula is C17H18N4O3. The zero-order valence-corrected chi connectivity index (χ0v) is 13.5. The first-order valence-electron chi connectivity index (χ1n) is 7.50. The molecule has 0 atom stereocenters. The number of ether oxygens (including phenoxy) is 1. The largest absolute Gasteiger partial charge is 0.467 e. The third-order valence-corrected chi connectivity index (χ3v) is 3.51. The lowest BCUT2D eigenvalue weighted by Gasteiger charge is -2.08. The number of rotatable bonds is 6. The molecule has 3 aromatic rings. The fourth-order valence-electron chi connectivity index (χ4n) is 2.38. The quantitative estimate of drug-likeness (QED) is 0.751. The number of carbonyl (C=O) groups excluding carboxylic acids is 1. The Labute approximate surface area is 139 Å². The van der Waals surface area contributed by atoms with Crippen molar-refractivity contribution in [1.82, 2.24) is 20.3 Å². The predicted molar refractivity (Wildman–Crippen MR) is 86.7 cm³/mol. The summed E-state index contributed by atoms with van der Waals surface area (Å²) < 4.78 is 12.0. The Morgan fingerprint density at radius 3 is 2.92 bits per heavy atom. The van der Waals surface area contributed by atoms with E-state index in [-0.39, 0.29) is 24.8 Å². The van der Waals surface area contributed by atoms with Gasteiger partial charge in [0.15, 0.2) is 5.69 Å². The fourth-order valence-corrected chi connectivity index (χ4v) is 2.38. The van der Waals surface area contributed by atoms with Gasteiger partial charge in [0.1, 0.15) is 11.5 Å². The summed E-state index contributed by atoms with van der Waals surface area (Å²) in [5.41, 5.74) is 2.76. The number of aryl methyl sites for hydroxylation is 1. The lowest BCUT2D eigenvalue weighted by atomic mass is 10.2. The molecule has 124 valence electrons. The normalized spacial score (nSPS) is 10.8. The van der Waals surface area contributed by atoms with Crippen molar-refractivity contribution in [3.63, 3.8) is 0 Å². The summed E-state index contributed by atoms with van der Waals surface area (Å²) in [4.78, 5) is 12.4. The van der Waals surface area contributed by atoms with E-state index in [1.54, 1.807) is 30.2 Å². The average Bonchev–Trinajstić information content (AvgIpc) is 3.23. The van der Waals surface area contributed by atoms with Gasteiger partial charge in [-0.1, -0.05) is 17.3 Å². The summed E-state index contributed by atoms with van der Waals surface area (Å²) in [6.45, 7) is 2.51. The summed E-state index contributed by atoms with van der Waals surface area (Å²) >= 11 is 0. The molecule has 2 aromatic heterocycles. The molecule has 0 unspecified atom stereocenters. The Bertz CT molecular complexity index is 824. The van der Waals surface area contributed by atoms with Crippen LogP contribution < -0.4 is 5.32 Å². The first kappa shape index (κ1) is 15.9. The van der Waals surface area contributed by atoms with Crippen molar-refractivity contribution < 1.29 is 13.9 Å². The van der Waals surface area contributed by atoms with Crippen LogP contribution in [0.25, 0.3) is 5.69 Å². The maximum atomic E-state index is 12.4. The van der Waals surface area contributed by atoms with Gasteiger partial charge in [0.05, 0.1) is 25.1 Å². The van der Waals surface area contributed by atoms with Crippen molar-refractivity contribution in [2.24, 2.45) is 0 Å². The van der Waals surface area contributed by atoms with Crippen molar-refractivity contribution in [3.05, 3.63) is 65.4 Å². The van der Waals surface area contributed by atoms with Crippen LogP contribution in [0.1, 0.15) is 27.5 Å². The van der Waals surface area contributed by atoms with E-state index in [1.165, 1.54) is 0 Å². The Balaban J connectivity index is 1.86. The van der Waals surface area contributed by atoms with Gasteiger partial charge in [0.25, 0.3) is 5.91 Å². The number of furan rings is 1. The number of benzene rings is 1. The highest BCUT2D eigenvalue weighted by Gasteiger charge is 2.20. The van der Waals surface area contributed by atoms with Gasteiger partial charge < -0.3 is 14.5 Å². The topological polar surface area (TPSA) is 82.2 Å². The van der Waals surface area contributed by atoms with Crippen LogP contribution in [0.4, 0.5) is 0 Å². The van der Waals surface area contributed by atoms with E-state index in [9.17, 15) is 4.79 Å². The highest BCUT2D eigenvalue weighted by molar-refractivity contribution is 5.93. The van der Waals surface area contributed by atoms with E-state index in [0.29, 0.717) is 11.5 Å². The highest BCUT2D eigenvalue weighted by atomic mass is 16.5. The van der Waals surface area contributed by atoms with Gasteiger partial charge in [-0.3, -0.25) is 4.79 Å². The number of nitrogens with zero attached hydrogens (tertiary/aromatic N) is 3. The molecule has 1 amide bonds. The molecule has 7 heteroatoms. The molecule has 0 fully saturated rings. The summed E-state index contributed by atoms with van der Waals surface area (Å²) in [7, 11) is 1.57. The predicted octanol–water partition coefficient (Wildman–Crippen LogP) is 2.25. The number of methoxy groups -OCH3 is 1. The highest BCUT2D eigenvalue weighted by Crippen LogP contribution is 2.15. The molecule has 0 aliphatic carbocycles. The second-order valence-corrected chi connectivity index (χ2v) is 5.33. The molecule has 1 N–H and O–H groups in total. The molecule has 3 rings (SSSR count). The molecule has 0 saturated carbocycles. The Kier molecular flexibility index (Phi) is 4.72. The summed E-state index contributed by atoms with van der Waals surface area (Å²) in [6.07, 6.45) is 1.56. The van der Waals surface area contributed by atoms with Gasteiger partial charge in [-0.2, -0.15) is 0 Å². The Morgan fingerprint density at radius 2 is 2.21 bits per heavy atom. The lowest BCUT2D eigenvalue weighted by Crippen LogP contribution is -2.24. The van der Waals surface area contributed by atoms with Crippen LogP contribution in [0.5, 0.6) is 0 Å². The molecule has 7 nitrogen and oxygen atoms in total. The molecule has 0 aliphatic heterocycles. The smallest absolute Gasteiger partial charge is 0.274 e. The van der Waals surface area contributed by atoms with Gasteiger partial charge in [-0.05, 0) is 36.8 Å². The third kappa shape index (κ3) is 3.36. The maximum Gasteiger partial charge on any atom is 0.274 e. The van der Waals surface area contributed by atoms with E-state index in [4.69, 9.17) is 9.15 Å². The van der Waals surface area contributed by atoms with Crippen LogP contribution in [0, 0.1) is 6.92 Å². The van der Waals surface area contributed by atoms with Crippen LogP contribution in [0.3, 0.4) is 0 Å². The van der Waals surface area contributed by atoms with E-state index < -0.39 is 0 Å². The monoisotopic (exact) mass is 326 g/mol. The van der Waals surface area contributed by atoms with Crippen LogP contribution in [0.15, 0.2) is 47.1 Å². The minimum atomic E-state index is -0.322. The van der Waals surface area contributed by atoms with E-state index >= 15 is 0 Å². The van der Waals surface area contributed by atoms with Crippen LogP contribution in [0.2, 0.25) is 0 Å². The van der Waals surface area contributed by atoms with Crippen LogP contribution in [-0.4, -0.2) is 28.0 Å². The number of hydrogen-bond acceptors (Lipinski definition) is 5. The number of aromatic nitrogens is 3. The van der Waals surface area contributed by atoms with Gasteiger partial charge in [0, 0.05) is 7.11 Å². The maximum absolute atomic E-state index is 12.4. The summed E-state index contributed by atoms with van der Waals surface area (Å²) in [5, 5.41) is 10.9. The molecule has 2 heterocycles. The van der Waals surface area contributed by atoms with Crippen LogP contribution in [-0.2, 0) is 17.9 Å². The van der Waals surface area contributed by atoms with E-state index in [2.05, 4.69) is 15.6 Å². The molecule has 1 aromatic carbocycles. The minimum Gasteiger partial charge on any atom is -0.467 e. The zero-order valence-electron chi connectivity index (χ0n) is 13.5. The Morgan fingerprint density at radius 1 is 1.33 bits per heavy atom. The van der Waals surface area contributed by atoms with Crippen molar-refractivity contribution >= 4 is 5.91 Å². The summed E-state index contributed by atoms with van der Waals surface area (Å²) in [5.74, 6) is 0.347. The van der Waals surface area contributed by atoms with Gasteiger partial charge >= 0.3 is 0 Å². The minimum absolute atomic E-state index is 0.227. The van der Waals surface area contributed by atoms with Crippen molar-refractivity contribution in [3.8, 4) is 5.69 Å². The Hall–Kier alpha value is -2.93. The third-order valence-electron chi connectivity index (χ3n) is 3.51. The molecule has 0 saturated heterocycles. The number of amides is 1. The average molecular weight is 326 g/mol. The SMILES string of the molecule is COCc1c(C(=O)NCc2ccco2)nnn1-c1cccc(C)c1. The number of hydrogen-bond donors (Lipinski definition) is 1. The molecule has 24 heavy (non-hydrogen) atoms. The van der Waals surface area contributed by atoms with Gasteiger partial charge in [-0.25, -0.2) is 4.68 Å². The van der Waals surface area contributed by atoms with Gasteiger partial charge in [0.2, 0.25) is 0 Å². The number of nitrogens with one attached hydrogen (secondary N) is 1. The lowest BCUT2D eigenvalue weighted by molar-refractivity contribution is 0.0937. The standard InChI is InChI=1S/C17H18N4O3/c1-12-5-3-6-13(9-12)21-15(11-23-2)16(19-20-21)17(22)18-10-14-7-4-8-24-14/h3-9H,10-11H2,1-2H3,(H,18,22). The second-order valence-electron chi connectivity index (χ2n) is 5.33. The molecule has 0 bridgehead atoms. The molecular weight excluding hydrogens is 308 g/mol. The fraction of sp³-hybridized carbons (Fsp3) is 0.235. The molecule has 0 aliphatic rings. The first-order valence-corrected chi connectivity index (χ1v) is 7.50. The second kappa shape index (κ2) is 7.10. The van der Waals surface area contributed by atoms with Crippen molar-refractivity contribution in [2.45, 2.75) is 20.1 Å². The zero-order chi connectivity index (χ0) is 16.9. The van der Waals surface area contributed by atoms with Gasteiger partial charge in [-0.15, -0.1) is 5.10 Å². The summed E-state index contributed by atoms with van der Waals surface area (Å²) in [6, 6.07) is 11.4. The van der Waals surface area contributed by atoms with Crippen LogP contribution >= 0.6 is 0 Å². The molecule has 0 spiro atoms. The van der Waals surface area contributed by atoms with E-state index in [0.717, 1.165) is 11.3 Å².